The Morgan fingerprint density at radius 2 is 1.88 bits per heavy atom. The van der Waals surface area contributed by atoms with Crippen LogP contribution in [-0.2, 0) is 6.42 Å². The van der Waals surface area contributed by atoms with Crippen LogP contribution < -0.4 is 20.5 Å². The van der Waals surface area contributed by atoms with Gasteiger partial charge in [0.1, 0.15) is 5.75 Å². The van der Waals surface area contributed by atoms with Gasteiger partial charge in [-0.3, -0.25) is 4.99 Å². The highest BCUT2D eigenvalue weighted by Crippen LogP contribution is 2.29. The molecule has 0 saturated carbocycles. The van der Waals surface area contributed by atoms with E-state index in [4.69, 9.17) is 10.5 Å². The zero-order valence-electron chi connectivity index (χ0n) is 14.4. The zero-order valence-corrected chi connectivity index (χ0v) is 14.4. The molecule has 0 heterocycles. The Labute approximate surface area is 149 Å². The maximum absolute atomic E-state index is 12.4. The van der Waals surface area contributed by atoms with Crippen molar-refractivity contribution in [2.75, 3.05) is 19.0 Å². The number of aryl methyl sites for hydroxylation is 1. The number of methoxy groups -OCH3 is 1. The van der Waals surface area contributed by atoms with Crippen molar-refractivity contribution in [3.63, 3.8) is 0 Å². The highest BCUT2D eigenvalue weighted by Gasteiger charge is 2.32. The number of ether oxygens (including phenoxy) is 2. The number of anilines is 1. The number of hydrogen-bond donors (Lipinski definition) is 2. The van der Waals surface area contributed by atoms with Gasteiger partial charge in [-0.05, 0) is 42.7 Å². The first kappa shape index (κ1) is 19.4. The third kappa shape index (κ3) is 5.87. The van der Waals surface area contributed by atoms with Crippen molar-refractivity contribution in [1.82, 2.24) is 0 Å². The molecule has 3 N–H and O–H groups in total. The van der Waals surface area contributed by atoms with Crippen molar-refractivity contribution in [1.29, 1.82) is 0 Å². The van der Waals surface area contributed by atoms with E-state index in [1.807, 2.05) is 25.1 Å². The molecule has 26 heavy (non-hydrogen) atoms. The minimum atomic E-state index is -4.78. The summed E-state index contributed by atoms with van der Waals surface area (Å²) in [6.07, 6.45) is -4.17. The van der Waals surface area contributed by atoms with Gasteiger partial charge < -0.3 is 20.5 Å². The van der Waals surface area contributed by atoms with Gasteiger partial charge in [0.15, 0.2) is 11.7 Å². The summed E-state index contributed by atoms with van der Waals surface area (Å²) in [4.78, 5) is 4.14. The fourth-order valence-electron chi connectivity index (χ4n) is 2.29. The molecule has 0 bridgehead atoms. The average Bonchev–Trinajstić information content (AvgIpc) is 2.57. The van der Waals surface area contributed by atoms with Crippen LogP contribution in [0.1, 0.15) is 11.1 Å². The van der Waals surface area contributed by atoms with Crippen molar-refractivity contribution in [3.8, 4) is 11.5 Å². The van der Waals surface area contributed by atoms with E-state index in [9.17, 15) is 13.2 Å². The standard InChI is InChI=1S/C18H20F3N3O2/c1-12-7-8-13(11-16(12)25-2)9-10-23-17(22)24-14-5-3-4-6-15(14)26-18(19,20)21/h3-8,11H,9-10H2,1-2H3,(H3,22,23,24). The smallest absolute Gasteiger partial charge is 0.496 e. The topological polar surface area (TPSA) is 68.9 Å². The molecule has 0 fully saturated rings. The molecule has 8 heteroatoms. The van der Waals surface area contributed by atoms with Crippen molar-refractivity contribution in [3.05, 3.63) is 53.6 Å². The van der Waals surface area contributed by atoms with E-state index in [0.29, 0.717) is 13.0 Å². The molecule has 0 atom stereocenters. The monoisotopic (exact) mass is 367 g/mol. The minimum Gasteiger partial charge on any atom is -0.496 e. The molecule has 140 valence electrons. The van der Waals surface area contributed by atoms with Crippen LogP contribution in [0, 0.1) is 6.92 Å². The highest BCUT2D eigenvalue weighted by molar-refractivity contribution is 5.93. The summed E-state index contributed by atoms with van der Waals surface area (Å²) >= 11 is 0. The summed E-state index contributed by atoms with van der Waals surface area (Å²) < 4.78 is 46.5. The van der Waals surface area contributed by atoms with Crippen LogP contribution in [0.2, 0.25) is 0 Å². The van der Waals surface area contributed by atoms with Gasteiger partial charge >= 0.3 is 6.36 Å². The normalized spacial score (nSPS) is 12.0. The van der Waals surface area contributed by atoms with Crippen LogP contribution in [-0.4, -0.2) is 26.0 Å². The molecule has 0 aromatic heterocycles. The molecule has 0 aliphatic heterocycles. The molecule has 2 aromatic carbocycles. The average molecular weight is 367 g/mol. The number of alkyl halides is 3. The largest absolute Gasteiger partial charge is 0.573 e. The highest BCUT2D eigenvalue weighted by atomic mass is 19.4. The number of nitrogens with two attached hydrogens (primary N) is 1. The number of halogens is 3. The number of benzene rings is 2. The third-order valence-electron chi connectivity index (χ3n) is 3.53. The van der Waals surface area contributed by atoms with Crippen LogP contribution in [0.25, 0.3) is 0 Å². The molecule has 2 aromatic rings. The lowest BCUT2D eigenvalue weighted by Gasteiger charge is -2.14. The van der Waals surface area contributed by atoms with Gasteiger partial charge in [0.25, 0.3) is 0 Å². The summed E-state index contributed by atoms with van der Waals surface area (Å²) in [5.74, 6) is 0.416. The number of para-hydroxylation sites is 2. The van der Waals surface area contributed by atoms with Gasteiger partial charge in [-0.1, -0.05) is 24.3 Å². The Hall–Kier alpha value is -2.90. The van der Waals surface area contributed by atoms with E-state index in [0.717, 1.165) is 16.9 Å². The molecule has 0 aliphatic rings. The molecule has 5 nitrogen and oxygen atoms in total. The lowest BCUT2D eigenvalue weighted by Crippen LogP contribution is -2.24. The number of guanidine groups is 1. The molecule has 0 spiro atoms. The molecule has 0 amide bonds. The quantitative estimate of drug-likeness (QED) is 0.601. The zero-order chi connectivity index (χ0) is 19.2. The van der Waals surface area contributed by atoms with Gasteiger partial charge in [0.05, 0.1) is 12.8 Å². The third-order valence-corrected chi connectivity index (χ3v) is 3.53. The Balaban J connectivity index is 1.99. The lowest BCUT2D eigenvalue weighted by molar-refractivity contribution is -0.274. The van der Waals surface area contributed by atoms with Gasteiger partial charge in [-0.25, -0.2) is 0 Å². The van der Waals surface area contributed by atoms with Gasteiger partial charge in [0, 0.05) is 6.54 Å². The van der Waals surface area contributed by atoms with Crippen LogP contribution in [0.4, 0.5) is 18.9 Å². The van der Waals surface area contributed by atoms with E-state index < -0.39 is 6.36 Å². The molecular formula is C18H20F3N3O2. The summed E-state index contributed by atoms with van der Waals surface area (Å²) in [5, 5.41) is 2.63. The van der Waals surface area contributed by atoms with E-state index in [1.165, 1.54) is 18.2 Å². The Morgan fingerprint density at radius 1 is 1.15 bits per heavy atom. The summed E-state index contributed by atoms with van der Waals surface area (Å²) in [6, 6.07) is 11.5. The van der Waals surface area contributed by atoms with Crippen LogP contribution in [0.15, 0.2) is 47.5 Å². The fourth-order valence-corrected chi connectivity index (χ4v) is 2.29. The first-order valence-corrected chi connectivity index (χ1v) is 7.84. The number of rotatable bonds is 6. The summed E-state index contributed by atoms with van der Waals surface area (Å²) in [7, 11) is 1.60. The summed E-state index contributed by atoms with van der Waals surface area (Å²) in [6.45, 7) is 2.32. The fraction of sp³-hybridized carbons (Fsp3) is 0.278. The van der Waals surface area contributed by atoms with E-state index in [-0.39, 0.29) is 17.4 Å². The maximum Gasteiger partial charge on any atom is 0.573 e. The second kappa shape index (κ2) is 8.46. The summed E-state index contributed by atoms with van der Waals surface area (Å²) in [5.41, 5.74) is 7.89. The van der Waals surface area contributed by atoms with Crippen LogP contribution in [0.5, 0.6) is 11.5 Å². The SMILES string of the molecule is COc1cc(CCN=C(N)Nc2ccccc2OC(F)(F)F)ccc1C. The molecule has 2 rings (SSSR count). The number of aliphatic imine (C=N–C) groups is 1. The second-order valence-corrected chi connectivity index (χ2v) is 5.49. The van der Waals surface area contributed by atoms with Crippen molar-refractivity contribution in [2.45, 2.75) is 19.7 Å². The molecular weight excluding hydrogens is 347 g/mol. The van der Waals surface area contributed by atoms with Gasteiger partial charge in [0.2, 0.25) is 0 Å². The number of nitrogens with one attached hydrogen (secondary N) is 1. The van der Waals surface area contributed by atoms with E-state index in [2.05, 4.69) is 15.0 Å². The lowest BCUT2D eigenvalue weighted by atomic mass is 10.1. The van der Waals surface area contributed by atoms with Crippen molar-refractivity contribution in [2.24, 2.45) is 10.7 Å². The van der Waals surface area contributed by atoms with Gasteiger partial charge in [-0.15, -0.1) is 13.2 Å². The predicted octanol–water partition coefficient (Wildman–Crippen LogP) is 3.87. The van der Waals surface area contributed by atoms with Gasteiger partial charge in [-0.2, -0.15) is 0 Å². The molecule has 0 radical (unpaired) electrons. The van der Waals surface area contributed by atoms with E-state index in [1.54, 1.807) is 13.2 Å². The maximum atomic E-state index is 12.4. The molecule has 0 saturated heterocycles. The first-order valence-electron chi connectivity index (χ1n) is 7.84. The van der Waals surface area contributed by atoms with Crippen molar-refractivity contribution < 1.29 is 22.6 Å². The Bertz CT molecular complexity index is 777. The Kier molecular flexibility index (Phi) is 6.32. The minimum absolute atomic E-state index is 0.00213. The van der Waals surface area contributed by atoms with Crippen LogP contribution in [0.3, 0.4) is 0 Å². The van der Waals surface area contributed by atoms with Crippen molar-refractivity contribution >= 4 is 11.6 Å². The first-order chi connectivity index (χ1) is 12.3. The number of hydrogen-bond acceptors (Lipinski definition) is 3. The predicted molar refractivity (Wildman–Crippen MR) is 94.7 cm³/mol. The number of nitrogens with zero attached hydrogens (tertiary/aromatic N) is 1. The Morgan fingerprint density at radius 3 is 2.58 bits per heavy atom. The molecule has 0 aliphatic carbocycles. The second-order valence-electron chi connectivity index (χ2n) is 5.49. The molecule has 0 unspecified atom stereocenters. The van der Waals surface area contributed by atoms with Crippen LogP contribution >= 0.6 is 0 Å². The van der Waals surface area contributed by atoms with E-state index >= 15 is 0 Å².